The van der Waals surface area contributed by atoms with Crippen LogP contribution in [0.4, 0.5) is 5.13 Å². The van der Waals surface area contributed by atoms with Crippen LogP contribution in [0.2, 0.25) is 0 Å². The minimum atomic E-state index is -3.27. The Kier molecular flexibility index (Phi) is 3.18. The molecule has 0 amide bonds. The molecule has 1 aliphatic heterocycles. The number of thiazole rings is 1. The minimum Gasteiger partial charge on any atom is -0.311 e. The third-order valence-electron chi connectivity index (χ3n) is 2.45. The van der Waals surface area contributed by atoms with E-state index in [1.807, 2.05) is 0 Å². The molecule has 16 heavy (non-hydrogen) atoms. The van der Waals surface area contributed by atoms with E-state index in [0.29, 0.717) is 5.13 Å². The molecule has 90 valence electrons. The highest BCUT2D eigenvalue weighted by Gasteiger charge is 2.20. The van der Waals surface area contributed by atoms with Crippen LogP contribution in [0.1, 0.15) is 24.4 Å². The van der Waals surface area contributed by atoms with Gasteiger partial charge < -0.3 is 5.32 Å². The van der Waals surface area contributed by atoms with E-state index in [2.05, 4.69) is 15.0 Å². The van der Waals surface area contributed by atoms with Crippen LogP contribution in [0.5, 0.6) is 0 Å². The van der Waals surface area contributed by atoms with Gasteiger partial charge in [-0.2, -0.15) is 0 Å². The van der Waals surface area contributed by atoms with Gasteiger partial charge in [-0.15, -0.1) is 0 Å². The number of rotatable bonds is 3. The van der Waals surface area contributed by atoms with Crippen LogP contribution in [0.25, 0.3) is 0 Å². The maximum absolute atomic E-state index is 11.7. The highest BCUT2D eigenvalue weighted by Crippen LogP contribution is 2.26. The summed E-state index contributed by atoms with van der Waals surface area (Å²) < 4.78 is 25.8. The number of aromatic nitrogens is 1. The Morgan fingerprint density at radius 2 is 2.25 bits per heavy atom. The molecular weight excluding hydrogens is 246 g/mol. The van der Waals surface area contributed by atoms with Gasteiger partial charge in [0.25, 0.3) is 0 Å². The predicted molar refractivity (Wildman–Crippen MR) is 65.2 cm³/mol. The zero-order chi connectivity index (χ0) is 11.8. The van der Waals surface area contributed by atoms with Gasteiger partial charge in [-0.25, -0.2) is 13.4 Å². The van der Waals surface area contributed by atoms with Gasteiger partial charge in [-0.1, -0.05) is 11.3 Å². The molecule has 5 nitrogen and oxygen atoms in total. The summed E-state index contributed by atoms with van der Waals surface area (Å²) in [5, 5.41) is 3.28. The lowest BCUT2D eigenvalue weighted by molar-refractivity contribution is 0.592. The van der Waals surface area contributed by atoms with Crippen molar-refractivity contribution in [2.75, 3.05) is 11.3 Å². The first-order valence-corrected chi connectivity index (χ1v) is 7.56. The second kappa shape index (κ2) is 4.31. The molecule has 7 heteroatoms. The highest BCUT2D eigenvalue weighted by molar-refractivity contribution is 7.93. The summed E-state index contributed by atoms with van der Waals surface area (Å²) in [5.74, 6) is 0. The molecule has 2 heterocycles. The fourth-order valence-corrected chi connectivity index (χ4v) is 3.28. The molecule has 0 bridgehead atoms. The Balaban J connectivity index is 2.20. The van der Waals surface area contributed by atoms with Gasteiger partial charge in [-0.05, 0) is 13.8 Å². The smallest absolute Gasteiger partial charge is 0.236 e. The topological polar surface area (TPSA) is 71.1 Å². The first kappa shape index (κ1) is 11.8. The monoisotopic (exact) mass is 261 g/mol. The van der Waals surface area contributed by atoms with Gasteiger partial charge in [0.1, 0.15) is 0 Å². The first-order chi connectivity index (χ1) is 7.49. The number of anilines is 1. The number of hydrogen-bond donors (Lipinski definition) is 2. The van der Waals surface area contributed by atoms with Gasteiger partial charge in [0.05, 0.1) is 10.9 Å². The van der Waals surface area contributed by atoms with Crippen molar-refractivity contribution in [2.45, 2.75) is 32.1 Å². The summed E-state index contributed by atoms with van der Waals surface area (Å²) >= 11 is 1.42. The van der Waals surface area contributed by atoms with Crippen molar-refractivity contribution in [1.82, 2.24) is 10.3 Å². The molecule has 1 aliphatic rings. The van der Waals surface area contributed by atoms with Crippen LogP contribution in [0.15, 0.2) is 0 Å². The quantitative estimate of drug-likeness (QED) is 0.849. The number of nitrogens with zero attached hydrogens (tertiary/aromatic N) is 1. The summed E-state index contributed by atoms with van der Waals surface area (Å²) in [7, 11) is -3.27. The highest BCUT2D eigenvalue weighted by atomic mass is 32.2. The molecule has 0 saturated heterocycles. The summed E-state index contributed by atoms with van der Waals surface area (Å²) in [6, 6.07) is 0. The van der Waals surface area contributed by atoms with Crippen molar-refractivity contribution in [3.63, 3.8) is 0 Å². The molecule has 0 aliphatic carbocycles. The summed E-state index contributed by atoms with van der Waals surface area (Å²) in [6.07, 6.45) is 0.870. The maximum Gasteiger partial charge on any atom is 0.236 e. The van der Waals surface area contributed by atoms with E-state index in [1.54, 1.807) is 13.8 Å². The largest absolute Gasteiger partial charge is 0.311 e. The van der Waals surface area contributed by atoms with E-state index >= 15 is 0 Å². The van der Waals surface area contributed by atoms with Gasteiger partial charge in [-0.3, -0.25) is 4.72 Å². The molecule has 0 spiro atoms. The fourth-order valence-electron chi connectivity index (χ4n) is 1.41. The third kappa shape index (κ3) is 2.36. The molecule has 0 unspecified atom stereocenters. The lowest BCUT2D eigenvalue weighted by Gasteiger charge is -2.09. The standard InChI is InChI=1S/C9H15N3O2S2/c1-6(2)16(13,14)12-9-11-7-3-4-10-5-8(7)15-9/h6,10H,3-5H2,1-2H3,(H,11,12). The molecular formula is C9H15N3O2S2. The average Bonchev–Trinajstić information content (AvgIpc) is 2.58. The van der Waals surface area contributed by atoms with E-state index in [-0.39, 0.29) is 0 Å². The SMILES string of the molecule is CC(C)S(=O)(=O)Nc1nc2c(s1)CNCC2. The second-order valence-electron chi connectivity index (χ2n) is 4.01. The van der Waals surface area contributed by atoms with E-state index in [4.69, 9.17) is 0 Å². The van der Waals surface area contributed by atoms with Crippen LogP contribution < -0.4 is 10.0 Å². The summed E-state index contributed by atoms with van der Waals surface area (Å²) in [6.45, 7) is 5.00. The van der Waals surface area contributed by atoms with Crippen LogP contribution in [0, 0.1) is 0 Å². The number of hydrogen-bond acceptors (Lipinski definition) is 5. The molecule has 0 atom stereocenters. The number of fused-ring (bicyclic) bond motifs is 1. The normalized spacial score (nSPS) is 16.2. The molecule has 0 aromatic carbocycles. The molecule has 2 N–H and O–H groups in total. The second-order valence-corrected chi connectivity index (χ2v) is 7.33. The van der Waals surface area contributed by atoms with E-state index in [0.717, 1.165) is 30.1 Å². The minimum absolute atomic E-state index is 0.438. The van der Waals surface area contributed by atoms with Crippen molar-refractivity contribution in [2.24, 2.45) is 0 Å². The Morgan fingerprint density at radius 3 is 2.88 bits per heavy atom. The van der Waals surface area contributed by atoms with Crippen LogP contribution >= 0.6 is 11.3 Å². The first-order valence-electron chi connectivity index (χ1n) is 5.20. The molecule has 0 radical (unpaired) electrons. The zero-order valence-electron chi connectivity index (χ0n) is 9.28. The molecule has 2 rings (SSSR count). The number of sulfonamides is 1. The van der Waals surface area contributed by atoms with Crippen LogP contribution in [0.3, 0.4) is 0 Å². The lowest BCUT2D eigenvalue weighted by atomic mass is 10.2. The van der Waals surface area contributed by atoms with Crippen molar-refractivity contribution in [3.05, 3.63) is 10.6 Å². The predicted octanol–water partition coefficient (Wildman–Crippen LogP) is 0.939. The van der Waals surface area contributed by atoms with Gasteiger partial charge in [0, 0.05) is 24.4 Å². The Labute approximate surface area is 99.3 Å². The maximum atomic E-state index is 11.7. The van der Waals surface area contributed by atoms with Crippen molar-refractivity contribution in [3.8, 4) is 0 Å². The Bertz CT molecular complexity index is 455. The summed E-state index contributed by atoms with van der Waals surface area (Å²) in [5.41, 5.74) is 1.02. The van der Waals surface area contributed by atoms with Crippen molar-refractivity contribution < 1.29 is 8.42 Å². The van der Waals surface area contributed by atoms with Gasteiger partial charge in [0.2, 0.25) is 10.0 Å². The van der Waals surface area contributed by atoms with E-state index < -0.39 is 15.3 Å². The lowest BCUT2D eigenvalue weighted by Crippen LogP contribution is -2.23. The van der Waals surface area contributed by atoms with Crippen LogP contribution in [-0.4, -0.2) is 25.2 Å². The number of nitrogens with one attached hydrogen (secondary N) is 2. The summed E-state index contributed by atoms with van der Waals surface area (Å²) in [4.78, 5) is 5.44. The molecule has 0 fully saturated rings. The van der Waals surface area contributed by atoms with Gasteiger partial charge in [0.15, 0.2) is 5.13 Å². The van der Waals surface area contributed by atoms with Crippen molar-refractivity contribution >= 4 is 26.5 Å². The molecule has 0 saturated carbocycles. The average molecular weight is 261 g/mol. The van der Waals surface area contributed by atoms with Crippen molar-refractivity contribution in [1.29, 1.82) is 0 Å². The van der Waals surface area contributed by atoms with Crippen LogP contribution in [-0.2, 0) is 23.0 Å². The third-order valence-corrected chi connectivity index (χ3v) is 5.31. The zero-order valence-corrected chi connectivity index (χ0v) is 10.9. The Hall–Kier alpha value is -0.660. The molecule has 1 aromatic heterocycles. The molecule has 1 aromatic rings. The fraction of sp³-hybridized carbons (Fsp3) is 0.667. The van der Waals surface area contributed by atoms with E-state index in [1.165, 1.54) is 11.3 Å². The van der Waals surface area contributed by atoms with Gasteiger partial charge >= 0.3 is 0 Å². The Morgan fingerprint density at radius 1 is 1.50 bits per heavy atom. The van der Waals surface area contributed by atoms with E-state index in [9.17, 15) is 8.42 Å².